The Balaban J connectivity index is 4.21. The summed E-state index contributed by atoms with van der Waals surface area (Å²) in [6.45, 7) is 11.9. The summed E-state index contributed by atoms with van der Waals surface area (Å²) in [5.41, 5.74) is 0. The van der Waals surface area contributed by atoms with Gasteiger partial charge in [0.15, 0.2) is 0 Å². The third kappa shape index (κ3) is 10.2. The average Bonchev–Trinajstić information content (AvgIpc) is 2.49. The van der Waals surface area contributed by atoms with Crippen LogP contribution in [0.25, 0.3) is 0 Å². The highest BCUT2D eigenvalue weighted by Gasteiger charge is 2.15. The highest BCUT2D eigenvalue weighted by atomic mass is 16.5. The number of ether oxygens (including phenoxy) is 1. The zero-order valence-corrected chi connectivity index (χ0v) is 13.9. The summed E-state index contributed by atoms with van der Waals surface area (Å²) < 4.78 is 5.33. The van der Waals surface area contributed by atoms with E-state index >= 15 is 0 Å². The van der Waals surface area contributed by atoms with E-state index in [1.165, 1.54) is 6.08 Å². The van der Waals surface area contributed by atoms with Gasteiger partial charge in [0, 0.05) is 12.5 Å². The SMILES string of the molecule is C=CC(=O)OC(CCCCC)CCC(=O)CN(CC)CC. The van der Waals surface area contributed by atoms with Crippen molar-refractivity contribution in [2.75, 3.05) is 19.6 Å². The molecule has 122 valence electrons. The molecular formula is C17H31NO3. The van der Waals surface area contributed by atoms with Crippen LogP contribution < -0.4 is 0 Å². The lowest BCUT2D eigenvalue weighted by atomic mass is 10.0. The van der Waals surface area contributed by atoms with E-state index in [1.54, 1.807) is 0 Å². The van der Waals surface area contributed by atoms with E-state index in [9.17, 15) is 9.59 Å². The predicted molar refractivity (Wildman–Crippen MR) is 86.2 cm³/mol. The fourth-order valence-corrected chi connectivity index (χ4v) is 2.19. The van der Waals surface area contributed by atoms with Crippen molar-refractivity contribution < 1.29 is 14.3 Å². The van der Waals surface area contributed by atoms with Crippen molar-refractivity contribution in [1.82, 2.24) is 4.90 Å². The van der Waals surface area contributed by atoms with Crippen LogP contribution in [-0.4, -0.2) is 42.4 Å². The molecule has 0 aliphatic rings. The van der Waals surface area contributed by atoms with Gasteiger partial charge in [-0.3, -0.25) is 9.69 Å². The topological polar surface area (TPSA) is 46.6 Å². The number of hydrogen-bond donors (Lipinski definition) is 0. The van der Waals surface area contributed by atoms with Crippen molar-refractivity contribution in [3.8, 4) is 0 Å². The van der Waals surface area contributed by atoms with E-state index in [1.807, 2.05) is 0 Å². The van der Waals surface area contributed by atoms with Gasteiger partial charge in [-0.05, 0) is 32.4 Å². The maximum Gasteiger partial charge on any atom is 0.330 e. The van der Waals surface area contributed by atoms with E-state index in [2.05, 4.69) is 32.3 Å². The van der Waals surface area contributed by atoms with Crippen molar-refractivity contribution in [2.24, 2.45) is 0 Å². The fraction of sp³-hybridized carbons (Fsp3) is 0.765. The van der Waals surface area contributed by atoms with Crippen molar-refractivity contribution in [3.63, 3.8) is 0 Å². The lowest BCUT2D eigenvalue weighted by Gasteiger charge is -2.19. The van der Waals surface area contributed by atoms with Gasteiger partial charge < -0.3 is 4.74 Å². The predicted octanol–water partition coefficient (Wildman–Crippen LogP) is 3.36. The summed E-state index contributed by atoms with van der Waals surface area (Å²) in [7, 11) is 0. The maximum absolute atomic E-state index is 12.0. The number of rotatable bonds is 13. The molecule has 0 aromatic rings. The number of nitrogens with zero attached hydrogens (tertiary/aromatic N) is 1. The fourth-order valence-electron chi connectivity index (χ4n) is 2.19. The monoisotopic (exact) mass is 297 g/mol. The summed E-state index contributed by atoms with van der Waals surface area (Å²) >= 11 is 0. The first-order chi connectivity index (χ1) is 10.1. The molecule has 0 saturated heterocycles. The largest absolute Gasteiger partial charge is 0.459 e. The van der Waals surface area contributed by atoms with Crippen molar-refractivity contribution in [3.05, 3.63) is 12.7 Å². The van der Waals surface area contributed by atoms with E-state index in [4.69, 9.17) is 4.74 Å². The van der Waals surface area contributed by atoms with Crippen LogP contribution in [0.1, 0.15) is 59.3 Å². The average molecular weight is 297 g/mol. The molecule has 4 nitrogen and oxygen atoms in total. The van der Waals surface area contributed by atoms with Crippen molar-refractivity contribution >= 4 is 11.8 Å². The van der Waals surface area contributed by atoms with Crippen LogP contribution in [0.15, 0.2) is 12.7 Å². The van der Waals surface area contributed by atoms with Crippen LogP contribution in [0, 0.1) is 0 Å². The van der Waals surface area contributed by atoms with Gasteiger partial charge in [0.2, 0.25) is 0 Å². The van der Waals surface area contributed by atoms with Crippen LogP contribution in [0.2, 0.25) is 0 Å². The van der Waals surface area contributed by atoms with Gasteiger partial charge >= 0.3 is 5.97 Å². The first-order valence-electron chi connectivity index (χ1n) is 8.14. The van der Waals surface area contributed by atoms with Gasteiger partial charge in [-0.2, -0.15) is 0 Å². The molecule has 0 radical (unpaired) electrons. The Hall–Kier alpha value is -1.16. The smallest absolute Gasteiger partial charge is 0.330 e. The second kappa shape index (κ2) is 12.6. The lowest BCUT2D eigenvalue weighted by Crippen LogP contribution is -2.30. The van der Waals surface area contributed by atoms with Crippen LogP contribution in [0.4, 0.5) is 0 Å². The zero-order chi connectivity index (χ0) is 16.1. The molecule has 0 fully saturated rings. The molecule has 1 atom stereocenters. The maximum atomic E-state index is 12.0. The minimum absolute atomic E-state index is 0.164. The highest BCUT2D eigenvalue weighted by molar-refractivity contribution is 5.82. The van der Waals surface area contributed by atoms with E-state index < -0.39 is 5.97 Å². The number of Topliss-reactive ketones (excluding diaryl/α,β-unsaturated/α-hetero) is 1. The normalized spacial score (nSPS) is 12.2. The van der Waals surface area contributed by atoms with Crippen molar-refractivity contribution in [1.29, 1.82) is 0 Å². The molecular weight excluding hydrogens is 266 g/mol. The molecule has 0 aromatic heterocycles. The van der Waals surface area contributed by atoms with Gasteiger partial charge in [0.05, 0.1) is 6.54 Å². The quantitative estimate of drug-likeness (QED) is 0.297. The molecule has 0 aliphatic heterocycles. The molecule has 0 heterocycles. The summed E-state index contributed by atoms with van der Waals surface area (Å²) in [6.07, 6.45) is 6.20. The number of ketones is 1. The Morgan fingerprint density at radius 3 is 2.33 bits per heavy atom. The number of carbonyl (C=O) groups is 2. The third-order valence-corrected chi connectivity index (χ3v) is 3.62. The molecule has 0 rings (SSSR count). The molecule has 4 heteroatoms. The second-order valence-electron chi connectivity index (χ2n) is 5.30. The highest BCUT2D eigenvalue weighted by Crippen LogP contribution is 2.13. The first kappa shape index (κ1) is 19.8. The third-order valence-electron chi connectivity index (χ3n) is 3.62. The molecule has 0 amide bonds. The minimum Gasteiger partial charge on any atom is -0.459 e. The Morgan fingerprint density at radius 1 is 1.14 bits per heavy atom. The Kier molecular flexibility index (Phi) is 11.9. The van der Waals surface area contributed by atoms with Crippen molar-refractivity contribution in [2.45, 2.75) is 65.4 Å². The molecule has 0 aromatic carbocycles. The Bertz CT molecular complexity index is 311. The molecule has 0 bridgehead atoms. The first-order valence-corrected chi connectivity index (χ1v) is 8.14. The molecule has 0 spiro atoms. The minimum atomic E-state index is -0.396. The summed E-state index contributed by atoms with van der Waals surface area (Å²) in [6, 6.07) is 0. The molecule has 0 N–H and O–H groups in total. The molecule has 21 heavy (non-hydrogen) atoms. The summed E-state index contributed by atoms with van der Waals surface area (Å²) in [5, 5.41) is 0. The zero-order valence-electron chi connectivity index (χ0n) is 13.9. The molecule has 0 saturated carbocycles. The van der Waals surface area contributed by atoms with E-state index in [-0.39, 0.29) is 11.9 Å². The number of likely N-dealkylation sites (N-methyl/N-ethyl adjacent to an activating group) is 1. The van der Waals surface area contributed by atoms with Gasteiger partial charge in [-0.15, -0.1) is 0 Å². The molecule has 0 aliphatic carbocycles. The van der Waals surface area contributed by atoms with Gasteiger partial charge in [-0.25, -0.2) is 4.79 Å². The number of carbonyl (C=O) groups excluding carboxylic acids is 2. The Labute approximate surface area is 129 Å². The van der Waals surface area contributed by atoms with Gasteiger partial charge in [-0.1, -0.05) is 40.2 Å². The summed E-state index contributed by atoms with van der Waals surface area (Å²) in [5.74, 6) is -0.179. The lowest BCUT2D eigenvalue weighted by molar-refractivity contribution is -0.144. The van der Waals surface area contributed by atoms with Gasteiger partial charge in [0.25, 0.3) is 0 Å². The van der Waals surface area contributed by atoms with Crippen LogP contribution in [0.5, 0.6) is 0 Å². The Morgan fingerprint density at radius 2 is 1.81 bits per heavy atom. The van der Waals surface area contributed by atoms with E-state index in [0.717, 1.165) is 38.8 Å². The number of hydrogen-bond acceptors (Lipinski definition) is 4. The van der Waals surface area contributed by atoms with Crippen LogP contribution in [0.3, 0.4) is 0 Å². The molecule has 1 unspecified atom stereocenters. The number of esters is 1. The summed E-state index contributed by atoms with van der Waals surface area (Å²) in [4.78, 5) is 25.4. The number of unbranched alkanes of at least 4 members (excludes halogenated alkanes) is 2. The van der Waals surface area contributed by atoms with E-state index in [0.29, 0.717) is 19.4 Å². The van der Waals surface area contributed by atoms with Crippen LogP contribution >= 0.6 is 0 Å². The van der Waals surface area contributed by atoms with Gasteiger partial charge in [0.1, 0.15) is 11.9 Å². The standard InChI is InChI=1S/C17H31NO3/c1-5-9-10-11-16(21-17(20)6-2)13-12-15(19)14-18(7-3)8-4/h6,16H,2,5,7-14H2,1,3-4H3. The second-order valence-corrected chi connectivity index (χ2v) is 5.30. The van der Waals surface area contributed by atoms with Crippen LogP contribution in [-0.2, 0) is 14.3 Å².